The Morgan fingerprint density at radius 3 is 2.61 bits per heavy atom. The van der Waals surface area contributed by atoms with E-state index in [0.29, 0.717) is 15.3 Å². The largest absolute Gasteiger partial charge is 0.278 e. The zero-order chi connectivity index (χ0) is 13.2. The highest BCUT2D eigenvalue weighted by molar-refractivity contribution is 9.10. The molecule has 18 heavy (non-hydrogen) atoms. The minimum absolute atomic E-state index is 0.0619. The van der Waals surface area contributed by atoms with Crippen molar-refractivity contribution in [3.8, 4) is 0 Å². The second kappa shape index (κ2) is 5.21. The van der Waals surface area contributed by atoms with Gasteiger partial charge in [0, 0.05) is 16.9 Å². The Labute approximate surface area is 117 Å². The first-order chi connectivity index (χ1) is 8.47. The van der Waals surface area contributed by atoms with E-state index in [0.717, 1.165) is 0 Å². The monoisotopic (exact) mass is 347 g/mol. The molecule has 2 aromatic heterocycles. The fourth-order valence-electron chi connectivity index (χ4n) is 1.19. The molecule has 8 heteroatoms. The number of hydrogen-bond acceptors (Lipinski definition) is 4. The van der Waals surface area contributed by atoms with Gasteiger partial charge < -0.3 is 0 Å². The van der Waals surface area contributed by atoms with Crippen LogP contribution in [0.15, 0.2) is 46.2 Å². The average molecular weight is 349 g/mol. The molecule has 1 N–H and O–H groups in total. The molecule has 0 fully saturated rings. The number of pyridine rings is 2. The van der Waals surface area contributed by atoms with E-state index in [-0.39, 0.29) is 4.90 Å². The van der Waals surface area contributed by atoms with Gasteiger partial charge in [0.2, 0.25) is 0 Å². The number of nitrogens with one attached hydrogen (secondary N) is 1. The zero-order valence-corrected chi connectivity index (χ0v) is 12.0. The number of nitrogens with zero attached hydrogens (tertiary/aromatic N) is 2. The molecule has 0 radical (unpaired) electrons. The van der Waals surface area contributed by atoms with Crippen molar-refractivity contribution < 1.29 is 8.42 Å². The van der Waals surface area contributed by atoms with Gasteiger partial charge in [0.1, 0.15) is 10.0 Å². The fourth-order valence-corrected chi connectivity index (χ4v) is 2.85. The molecule has 0 aliphatic carbocycles. The van der Waals surface area contributed by atoms with Gasteiger partial charge in [0.25, 0.3) is 10.0 Å². The second-order valence-electron chi connectivity index (χ2n) is 3.31. The predicted octanol–water partition coefficient (Wildman–Crippen LogP) is 2.69. The molecule has 5 nitrogen and oxygen atoms in total. The first kappa shape index (κ1) is 13.3. The van der Waals surface area contributed by atoms with Crippen LogP contribution in [0.25, 0.3) is 0 Å². The standard InChI is InChI=1S/C10H7BrClN3O2S/c11-7-3-9(6-13-4-7)18(16,17)15-8-1-2-10(12)14-5-8/h1-6,15H. The summed E-state index contributed by atoms with van der Waals surface area (Å²) in [6.07, 6.45) is 4.10. The summed E-state index contributed by atoms with van der Waals surface area (Å²) in [5.41, 5.74) is 0.333. The summed E-state index contributed by atoms with van der Waals surface area (Å²) in [4.78, 5) is 7.65. The highest BCUT2D eigenvalue weighted by Gasteiger charge is 2.15. The number of halogens is 2. The van der Waals surface area contributed by atoms with E-state index in [1.165, 1.54) is 36.8 Å². The number of hydrogen-bond donors (Lipinski definition) is 1. The van der Waals surface area contributed by atoms with Crippen LogP contribution in [0.2, 0.25) is 5.15 Å². The molecule has 0 unspecified atom stereocenters. The van der Waals surface area contributed by atoms with Crippen molar-refractivity contribution in [3.05, 3.63) is 46.4 Å². The van der Waals surface area contributed by atoms with Crippen LogP contribution in [0.5, 0.6) is 0 Å². The summed E-state index contributed by atoms with van der Waals surface area (Å²) in [7, 11) is -3.67. The van der Waals surface area contributed by atoms with Crippen LogP contribution in [0.4, 0.5) is 5.69 Å². The molecule has 2 heterocycles. The molecule has 2 rings (SSSR count). The Kier molecular flexibility index (Phi) is 3.84. The average Bonchev–Trinajstić information content (AvgIpc) is 2.32. The van der Waals surface area contributed by atoms with E-state index >= 15 is 0 Å². The van der Waals surface area contributed by atoms with Crippen molar-refractivity contribution in [1.82, 2.24) is 9.97 Å². The molecule has 0 atom stereocenters. The third-order valence-electron chi connectivity index (χ3n) is 1.97. The van der Waals surface area contributed by atoms with Gasteiger partial charge in [-0.25, -0.2) is 13.4 Å². The van der Waals surface area contributed by atoms with Gasteiger partial charge >= 0.3 is 0 Å². The third-order valence-corrected chi connectivity index (χ3v) is 3.98. The molecular formula is C10H7BrClN3O2S. The smallest absolute Gasteiger partial charge is 0.263 e. The van der Waals surface area contributed by atoms with E-state index < -0.39 is 10.0 Å². The highest BCUT2D eigenvalue weighted by Crippen LogP contribution is 2.18. The summed E-state index contributed by atoms with van der Waals surface area (Å²) >= 11 is 8.78. The molecule has 0 aliphatic heterocycles. The maximum absolute atomic E-state index is 12.0. The van der Waals surface area contributed by atoms with Crippen LogP contribution in [0.3, 0.4) is 0 Å². The molecule has 2 aromatic rings. The SMILES string of the molecule is O=S(=O)(Nc1ccc(Cl)nc1)c1cncc(Br)c1. The molecular weight excluding hydrogens is 342 g/mol. The number of rotatable bonds is 3. The Morgan fingerprint density at radius 1 is 1.22 bits per heavy atom. The van der Waals surface area contributed by atoms with Gasteiger partial charge in [-0.15, -0.1) is 0 Å². The lowest BCUT2D eigenvalue weighted by Gasteiger charge is -2.07. The van der Waals surface area contributed by atoms with E-state index in [4.69, 9.17) is 11.6 Å². The number of sulfonamides is 1. The van der Waals surface area contributed by atoms with Crippen molar-refractivity contribution in [3.63, 3.8) is 0 Å². The van der Waals surface area contributed by atoms with E-state index in [9.17, 15) is 8.42 Å². The fraction of sp³-hybridized carbons (Fsp3) is 0. The molecule has 0 bridgehead atoms. The molecule has 0 saturated carbocycles. The lowest BCUT2D eigenvalue weighted by atomic mass is 10.4. The minimum atomic E-state index is -3.67. The van der Waals surface area contributed by atoms with Gasteiger partial charge in [-0.2, -0.15) is 0 Å². The van der Waals surface area contributed by atoms with E-state index in [1.807, 2.05) is 0 Å². The Hall–Kier alpha value is -1.18. The van der Waals surface area contributed by atoms with Crippen molar-refractivity contribution in [2.24, 2.45) is 0 Å². The summed E-state index contributed by atoms with van der Waals surface area (Å²) in [6, 6.07) is 4.48. The number of anilines is 1. The molecule has 0 saturated heterocycles. The molecule has 0 aromatic carbocycles. The zero-order valence-electron chi connectivity index (χ0n) is 8.84. The lowest BCUT2D eigenvalue weighted by Crippen LogP contribution is -2.13. The van der Waals surface area contributed by atoms with Crippen LogP contribution in [0.1, 0.15) is 0 Å². The number of aromatic nitrogens is 2. The summed E-state index contributed by atoms with van der Waals surface area (Å²) in [6.45, 7) is 0. The van der Waals surface area contributed by atoms with Gasteiger partial charge in [-0.1, -0.05) is 11.6 Å². The van der Waals surface area contributed by atoms with Crippen LogP contribution in [0, 0.1) is 0 Å². The summed E-state index contributed by atoms with van der Waals surface area (Å²) in [5, 5.41) is 0.294. The predicted molar refractivity (Wildman–Crippen MR) is 72.0 cm³/mol. The van der Waals surface area contributed by atoms with Gasteiger partial charge in [-0.05, 0) is 34.1 Å². The Balaban J connectivity index is 2.30. The topological polar surface area (TPSA) is 72.0 Å². The second-order valence-corrected chi connectivity index (χ2v) is 6.30. The van der Waals surface area contributed by atoms with Crippen molar-refractivity contribution in [2.75, 3.05) is 4.72 Å². The maximum atomic E-state index is 12.0. The highest BCUT2D eigenvalue weighted by atomic mass is 79.9. The van der Waals surface area contributed by atoms with Crippen molar-refractivity contribution >= 4 is 43.2 Å². The van der Waals surface area contributed by atoms with Crippen LogP contribution >= 0.6 is 27.5 Å². The van der Waals surface area contributed by atoms with Crippen LogP contribution < -0.4 is 4.72 Å². The summed E-state index contributed by atoms with van der Waals surface area (Å²) in [5.74, 6) is 0. The van der Waals surface area contributed by atoms with E-state index in [2.05, 4.69) is 30.6 Å². The van der Waals surface area contributed by atoms with Crippen molar-refractivity contribution in [1.29, 1.82) is 0 Å². The molecule has 0 amide bonds. The normalized spacial score (nSPS) is 11.2. The maximum Gasteiger partial charge on any atom is 0.263 e. The molecule has 0 aliphatic rings. The lowest BCUT2D eigenvalue weighted by molar-refractivity contribution is 0.600. The Bertz CT molecular complexity index is 661. The molecule has 0 spiro atoms. The minimum Gasteiger partial charge on any atom is -0.278 e. The van der Waals surface area contributed by atoms with Gasteiger partial charge in [-0.3, -0.25) is 9.71 Å². The van der Waals surface area contributed by atoms with Gasteiger partial charge in [0.05, 0.1) is 11.9 Å². The Morgan fingerprint density at radius 2 is 2.00 bits per heavy atom. The van der Waals surface area contributed by atoms with Crippen LogP contribution in [-0.2, 0) is 10.0 Å². The molecule has 94 valence electrons. The first-order valence-electron chi connectivity index (χ1n) is 4.72. The van der Waals surface area contributed by atoms with E-state index in [1.54, 1.807) is 0 Å². The summed E-state index contributed by atoms with van der Waals surface area (Å²) < 4.78 is 27.0. The van der Waals surface area contributed by atoms with Crippen LogP contribution in [-0.4, -0.2) is 18.4 Å². The van der Waals surface area contributed by atoms with Crippen molar-refractivity contribution in [2.45, 2.75) is 4.90 Å². The first-order valence-corrected chi connectivity index (χ1v) is 7.38. The quantitative estimate of drug-likeness (QED) is 0.866. The third kappa shape index (κ3) is 3.18. The van der Waals surface area contributed by atoms with Gasteiger partial charge in [0.15, 0.2) is 0 Å².